The summed E-state index contributed by atoms with van der Waals surface area (Å²) < 4.78 is 13.0. The molecule has 0 spiro atoms. The summed E-state index contributed by atoms with van der Waals surface area (Å²) in [5.41, 5.74) is 6.17. The number of halogens is 1. The SMILES string of the molecule is Cc1ccccc1CN1CCC(c2nc(C)c(CC(=O)NCc3ccc(F)cc3)c(C)n2)C1. The van der Waals surface area contributed by atoms with Gasteiger partial charge in [0.25, 0.3) is 0 Å². The van der Waals surface area contributed by atoms with Crippen LogP contribution in [0.15, 0.2) is 48.5 Å². The zero-order valence-corrected chi connectivity index (χ0v) is 19.6. The number of benzene rings is 2. The monoisotopic (exact) mass is 446 g/mol. The van der Waals surface area contributed by atoms with E-state index in [-0.39, 0.29) is 18.1 Å². The van der Waals surface area contributed by atoms with Gasteiger partial charge in [0.05, 0.1) is 6.42 Å². The maximum atomic E-state index is 13.0. The van der Waals surface area contributed by atoms with Gasteiger partial charge in [-0.3, -0.25) is 9.69 Å². The molecule has 1 fully saturated rings. The molecule has 0 radical (unpaired) electrons. The lowest BCUT2D eigenvalue weighted by Crippen LogP contribution is -2.26. The molecule has 4 rings (SSSR count). The van der Waals surface area contributed by atoms with Gasteiger partial charge in [0, 0.05) is 42.5 Å². The van der Waals surface area contributed by atoms with Gasteiger partial charge < -0.3 is 5.32 Å². The zero-order valence-electron chi connectivity index (χ0n) is 19.6. The fraction of sp³-hybridized carbons (Fsp3) is 0.370. The fourth-order valence-electron chi connectivity index (χ4n) is 4.45. The van der Waals surface area contributed by atoms with Crippen molar-refractivity contribution in [1.82, 2.24) is 20.2 Å². The van der Waals surface area contributed by atoms with E-state index in [9.17, 15) is 9.18 Å². The van der Waals surface area contributed by atoms with Crippen molar-refractivity contribution >= 4 is 5.91 Å². The minimum Gasteiger partial charge on any atom is -0.352 e. The molecule has 5 nitrogen and oxygen atoms in total. The molecule has 3 aromatic rings. The van der Waals surface area contributed by atoms with Crippen molar-refractivity contribution in [2.75, 3.05) is 13.1 Å². The van der Waals surface area contributed by atoms with E-state index in [4.69, 9.17) is 9.97 Å². The van der Waals surface area contributed by atoms with Crippen molar-refractivity contribution in [2.24, 2.45) is 0 Å². The van der Waals surface area contributed by atoms with E-state index in [1.54, 1.807) is 12.1 Å². The summed E-state index contributed by atoms with van der Waals surface area (Å²) in [5.74, 6) is 0.821. The number of hydrogen-bond acceptors (Lipinski definition) is 4. The minimum atomic E-state index is -0.283. The van der Waals surface area contributed by atoms with Crippen LogP contribution in [-0.4, -0.2) is 33.9 Å². The lowest BCUT2D eigenvalue weighted by atomic mass is 10.0. The van der Waals surface area contributed by atoms with E-state index in [1.807, 2.05) is 13.8 Å². The summed E-state index contributed by atoms with van der Waals surface area (Å²) in [4.78, 5) is 24.6. The van der Waals surface area contributed by atoms with Crippen LogP contribution in [0.1, 0.15) is 51.8 Å². The third-order valence-corrected chi connectivity index (χ3v) is 6.47. The van der Waals surface area contributed by atoms with Crippen molar-refractivity contribution in [3.63, 3.8) is 0 Å². The smallest absolute Gasteiger partial charge is 0.224 e. The van der Waals surface area contributed by atoms with Crippen LogP contribution >= 0.6 is 0 Å². The van der Waals surface area contributed by atoms with Gasteiger partial charge in [0.15, 0.2) is 0 Å². The Morgan fingerprint density at radius 2 is 1.76 bits per heavy atom. The van der Waals surface area contributed by atoms with E-state index in [2.05, 4.69) is 41.4 Å². The fourth-order valence-corrected chi connectivity index (χ4v) is 4.45. The molecule has 172 valence electrons. The second-order valence-electron chi connectivity index (χ2n) is 8.96. The van der Waals surface area contributed by atoms with E-state index in [0.717, 1.165) is 54.4 Å². The predicted molar refractivity (Wildman–Crippen MR) is 127 cm³/mol. The maximum absolute atomic E-state index is 13.0. The number of nitrogens with zero attached hydrogens (tertiary/aromatic N) is 3. The summed E-state index contributed by atoms with van der Waals surface area (Å²) >= 11 is 0. The van der Waals surface area contributed by atoms with Gasteiger partial charge in [-0.05, 0) is 62.6 Å². The lowest BCUT2D eigenvalue weighted by Gasteiger charge is -2.18. The second kappa shape index (κ2) is 10.2. The highest BCUT2D eigenvalue weighted by Gasteiger charge is 2.27. The number of hydrogen-bond donors (Lipinski definition) is 1. The average Bonchev–Trinajstić information content (AvgIpc) is 3.26. The Morgan fingerprint density at radius 1 is 1.06 bits per heavy atom. The molecule has 0 bridgehead atoms. The Kier molecular flexibility index (Phi) is 7.14. The normalized spacial score (nSPS) is 16.2. The topological polar surface area (TPSA) is 58.1 Å². The number of carbonyl (C=O) groups is 1. The maximum Gasteiger partial charge on any atom is 0.224 e. The number of carbonyl (C=O) groups excluding carboxylic acids is 1. The molecule has 1 atom stereocenters. The first-order valence-electron chi connectivity index (χ1n) is 11.5. The van der Waals surface area contributed by atoms with Crippen LogP contribution in [0, 0.1) is 26.6 Å². The standard InChI is InChI=1S/C27H31FN4O/c1-18-6-4-5-7-22(18)16-32-13-12-23(17-32)27-30-19(2)25(20(3)31-27)14-26(33)29-15-21-8-10-24(28)11-9-21/h4-11,23H,12-17H2,1-3H3,(H,29,33). The number of aryl methyl sites for hydroxylation is 3. The summed E-state index contributed by atoms with van der Waals surface area (Å²) in [5, 5.41) is 2.90. The largest absolute Gasteiger partial charge is 0.352 e. The van der Waals surface area contributed by atoms with Gasteiger partial charge in [0.2, 0.25) is 5.91 Å². The molecule has 1 amide bonds. The van der Waals surface area contributed by atoms with Crippen molar-refractivity contribution in [2.45, 2.75) is 52.6 Å². The summed E-state index contributed by atoms with van der Waals surface area (Å²) in [6, 6.07) is 14.7. The van der Waals surface area contributed by atoms with Gasteiger partial charge in [-0.2, -0.15) is 0 Å². The van der Waals surface area contributed by atoms with Crippen LogP contribution in [0.2, 0.25) is 0 Å². The average molecular weight is 447 g/mol. The Balaban J connectivity index is 1.36. The molecule has 2 heterocycles. The quantitative estimate of drug-likeness (QED) is 0.585. The molecule has 2 aromatic carbocycles. The first-order valence-corrected chi connectivity index (χ1v) is 11.5. The Hall–Kier alpha value is -3.12. The lowest BCUT2D eigenvalue weighted by molar-refractivity contribution is -0.120. The predicted octanol–water partition coefficient (Wildman–Crippen LogP) is 4.39. The van der Waals surface area contributed by atoms with Gasteiger partial charge >= 0.3 is 0 Å². The van der Waals surface area contributed by atoms with Crippen LogP contribution < -0.4 is 5.32 Å². The van der Waals surface area contributed by atoms with E-state index in [0.29, 0.717) is 12.5 Å². The first kappa shape index (κ1) is 23.1. The van der Waals surface area contributed by atoms with Crippen LogP contribution in [0.5, 0.6) is 0 Å². The number of aromatic nitrogens is 2. The van der Waals surface area contributed by atoms with Crippen LogP contribution in [0.25, 0.3) is 0 Å². The summed E-state index contributed by atoms with van der Waals surface area (Å²) in [6.07, 6.45) is 1.28. The number of rotatable bonds is 7. The van der Waals surface area contributed by atoms with Crippen LogP contribution in [0.3, 0.4) is 0 Å². The van der Waals surface area contributed by atoms with Crippen molar-refractivity contribution in [1.29, 1.82) is 0 Å². The van der Waals surface area contributed by atoms with Crippen LogP contribution in [-0.2, 0) is 24.3 Å². The summed E-state index contributed by atoms with van der Waals surface area (Å²) in [7, 11) is 0. The molecule has 1 aliphatic rings. The molecule has 1 N–H and O–H groups in total. The third kappa shape index (κ3) is 5.82. The number of amides is 1. The van der Waals surface area contributed by atoms with Crippen molar-refractivity contribution < 1.29 is 9.18 Å². The molecular weight excluding hydrogens is 415 g/mol. The Labute approximate surface area is 195 Å². The molecule has 33 heavy (non-hydrogen) atoms. The summed E-state index contributed by atoms with van der Waals surface area (Å²) in [6.45, 7) is 9.38. The molecule has 1 saturated heterocycles. The highest BCUT2D eigenvalue weighted by atomic mass is 19.1. The van der Waals surface area contributed by atoms with Crippen molar-refractivity contribution in [3.8, 4) is 0 Å². The molecule has 1 unspecified atom stereocenters. The van der Waals surface area contributed by atoms with E-state index >= 15 is 0 Å². The van der Waals surface area contributed by atoms with Crippen LogP contribution in [0.4, 0.5) is 4.39 Å². The Morgan fingerprint density at radius 3 is 2.45 bits per heavy atom. The van der Waals surface area contributed by atoms with Gasteiger partial charge in [-0.1, -0.05) is 36.4 Å². The molecular formula is C27H31FN4O. The van der Waals surface area contributed by atoms with E-state index in [1.165, 1.54) is 23.3 Å². The first-order chi connectivity index (χ1) is 15.9. The molecule has 0 saturated carbocycles. The van der Waals surface area contributed by atoms with Gasteiger partial charge in [0.1, 0.15) is 11.6 Å². The molecule has 1 aromatic heterocycles. The van der Waals surface area contributed by atoms with Gasteiger partial charge in [-0.25, -0.2) is 14.4 Å². The molecule has 1 aliphatic heterocycles. The minimum absolute atomic E-state index is 0.0906. The second-order valence-corrected chi connectivity index (χ2v) is 8.96. The molecule has 6 heteroatoms. The molecule has 0 aliphatic carbocycles. The van der Waals surface area contributed by atoms with E-state index < -0.39 is 0 Å². The Bertz CT molecular complexity index is 1110. The number of nitrogens with one attached hydrogen (secondary N) is 1. The highest BCUT2D eigenvalue weighted by Crippen LogP contribution is 2.27. The highest BCUT2D eigenvalue weighted by molar-refractivity contribution is 5.79. The third-order valence-electron chi connectivity index (χ3n) is 6.47. The zero-order chi connectivity index (χ0) is 23.4. The number of likely N-dealkylation sites (tertiary alicyclic amines) is 1. The van der Waals surface area contributed by atoms with Crippen molar-refractivity contribution in [3.05, 3.63) is 93.8 Å². The van der Waals surface area contributed by atoms with Gasteiger partial charge in [-0.15, -0.1) is 0 Å².